The van der Waals surface area contributed by atoms with Crippen molar-refractivity contribution in [2.45, 2.75) is 64.7 Å². The van der Waals surface area contributed by atoms with Gasteiger partial charge in [0.2, 0.25) is 0 Å². The lowest BCUT2D eigenvalue weighted by molar-refractivity contribution is 0.576. The van der Waals surface area contributed by atoms with Crippen LogP contribution in [0.5, 0.6) is 0 Å². The molecule has 17 heavy (non-hydrogen) atoms. The Kier molecular flexibility index (Phi) is 7.78. The monoisotopic (exact) mass is 236 g/mol. The van der Waals surface area contributed by atoms with Gasteiger partial charge in [-0.1, -0.05) is 58.4 Å². The van der Waals surface area contributed by atoms with E-state index in [1.165, 1.54) is 56.9 Å². The van der Waals surface area contributed by atoms with E-state index >= 15 is 0 Å². The molecule has 0 aromatic heterocycles. The molecule has 0 atom stereocenters. The first-order chi connectivity index (χ1) is 8.34. The SMILES string of the molecule is C=C(CCCCCCCCCC)C1=NCCN1. The molecule has 0 fully saturated rings. The summed E-state index contributed by atoms with van der Waals surface area (Å²) in [4.78, 5) is 4.39. The zero-order valence-corrected chi connectivity index (χ0v) is 11.4. The Hall–Kier alpha value is -0.790. The minimum atomic E-state index is 0.922. The fourth-order valence-electron chi connectivity index (χ4n) is 2.23. The molecular formula is C15H28N2. The van der Waals surface area contributed by atoms with E-state index in [1.54, 1.807) is 0 Å². The zero-order valence-electron chi connectivity index (χ0n) is 11.4. The van der Waals surface area contributed by atoms with Gasteiger partial charge >= 0.3 is 0 Å². The second-order valence-corrected chi connectivity index (χ2v) is 4.99. The number of amidine groups is 1. The van der Waals surface area contributed by atoms with Gasteiger partial charge in [0.05, 0.1) is 6.54 Å². The van der Waals surface area contributed by atoms with Crippen LogP contribution in [-0.4, -0.2) is 18.9 Å². The number of hydrogen-bond donors (Lipinski definition) is 1. The first-order valence-corrected chi connectivity index (χ1v) is 7.31. The van der Waals surface area contributed by atoms with Crippen LogP contribution in [0.25, 0.3) is 0 Å². The van der Waals surface area contributed by atoms with Gasteiger partial charge < -0.3 is 5.32 Å². The minimum Gasteiger partial charge on any atom is -0.368 e. The van der Waals surface area contributed by atoms with Crippen molar-refractivity contribution in [1.82, 2.24) is 5.32 Å². The second kappa shape index (κ2) is 9.26. The van der Waals surface area contributed by atoms with Crippen LogP contribution >= 0.6 is 0 Å². The molecule has 1 rings (SSSR count). The summed E-state index contributed by atoms with van der Waals surface area (Å²) in [5.41, 5.74) is 1.20. The maximum absolute atomic E-state index is 4.39. The van der Waals surface area contributed by atoms with Crippen molar-refractivity contribution >= 4 is 5.84 Å². The van der Waals surface area contributed by atoms with Crippen molar-refractivity contribution in [2.24, 2.45) is 4.99 Å². The molecule has 1 aliphatic rings. The fraction of sp³-hybridized carbons (Fsp3) is 0.800. The van der Waals surface area contributed by atoms with Gasteiger partial charge in [-0.15, -0.1) is 0 Å². The van der Waals surface area contributed by atoms with Gasteiger partial charge in [0, 0.05) is 6.54 Å². The molecule has 0 aromatic rings. The first-order valence-electron chi connectivity index (χ1n) is 7.31. The maximum atomic E-state index is 4.39. The van der Waals surface area contributed by atoms with Gasteiger partial charge in [0.1, 0.15) is 5.84 Å². The van der Waals surface area contributed by atoms with Crippen LogP contribution < -0.4 is 5.32 Å². The van der Waals surface area contributed by atoms with Crippen molar-refractivity contribution in [1.29, 1.82) is 0 Å². The third-order valence-corrected chi connectivity index (χ3v) is 3.34. The highest BCUT2D eigenvalue weighted by atomic mass is 15.1. The minimum absolute atomic E-state index is 0.922. The number of unbranched alkanes of at least 4 members (excludes halogenated alkanes) is 7. The molecule has 1 N–H and O–H groups in total. The first kappa shape index (κ1) is 14.3. The molecular weight excluding hydrogens is 208 g/mol. The van der Waals surface area contributed by atoms with Crippen molar-refractivity contribution in [3.63, 3.8) is 0 Å². The molecule has 98 valence electrons. The molecule has 0 saturated heterocycles. The van der Waals surface area contributed by atoms with Crippen LogP contribution in [0.1, 0.15) is 64.7 Å². The van der Waals surface area contributed by atoms with Crippen LogP contribution in [0.3, 0.4) is 0 Å². The molecule has 2 heteroatoms. The number of aliphatic imine (C=N–C) groups is 1. The summed E-state index contributed by atoms with van der Waals surface area (Å²) in [6.45, 7) is 8.29. The van der Waals surface area contributed by atoms with Crippen molar-refractivity contribution in [3.8, 4) is 0 Å². The molecule has 1 aliphatic heterocycles. The van der Waals surface area contributed by atoms with Crippen molar-refractivity contribution in [2.75, 3.05) is 13.1 Å². The fourth-order valence-corrected chi connectivity index (χ4v) is 2.23. The quantitative estimate of drug-likeness (QED) is 0.568. The topological polar surface area (TPSA) is 24.4 Å². The Morgan fingerprint density at radius 3 is 2.35 bits per heavy atom. The van der Waals surface area contributed by atoms with Gasteiger partial charge in [0.25, 0.3) is 0 Å². The molecule has 1 heterocycles. The zero-order chi connectivity index (χ0) is 12.3. The Labute approximate surface area is 107 Å². The van der Waals surface area contributed by atoms with E-state index < -0.39 is 0 Å². The van der Waals surface area contributed by atoms with Crippen LogP contribution in [0.15, 0.2) is 17.1 Å². The van der Waals surface area contributed by atoms with E-state index in [9.17, 15) is 0 Å². The lowest BCUT2D eigenvalue weighted by Gasteiger charge is -2.06. The summed E-state index contributed by atoms with van der Waals surface area (Å²) in [5.74, 6) is 1.06. The van der Waals surface area contributed by atoms with Crippen molar-refractivity contribution < 1.29 is 0 Å². The van der Waals surface area contributed by atoms with E-state index in [4.69, 9.17) is 0 Å². The maximum Gasteiger partial charge on any atom is 0.123 e. The molecule has 2 nitrogen and oxygen atoms in total. The Morgan fingerprint density at radius 2 is 1.76 bits per heavy atom. The molecule has 0 aliphatic carbocycles. The number of nitrogens with zero attached hydrogens (tertiary/aromatic N) is 1. The second-order valence-electron chi connectivity index (χ2n) is 4.99. The van der Waals surface area contributed by atoms with Gasteiger partial charge in [-0.05, 0) is 18.4 Å². The van der Waals surface area contributed by atoms with Crippen LogP contribution in [0.2, 0.25) is 0 Å². The third-order valence-electron chi connectivity index (χ3n) is 3.34. The summed E-state index contributed by atoms with van der Waals surface area (Å²) in [5, 5.41) is 3.28. The van der Waals surface area contributed by atoms with E-state index in [0.29, 0.717) is 0 Å². The lowest BCUT2D eigenvalue weighted by Crippen LogP contribution is -2.19. The molecule has 0 aromatic carbocycles. The van der Waals surface area contributed by atoms with Gasteiger partial charge in [-0.25, -0.2) is 0 Å². The van der Waals surface area contributed by atoms with E-state index in [0.717, 1.165) is 25.3 Å². The highest BCUT2D eigenvalue weighted by molar-refractivity contribution is 5.98. The highest BCUT2D eigenvalue weighted by Gasteiger charge is 2.07. The third kappa shape index (κ3) is 6.50. The van der Waals surface area contributed by atoms with Crippen molar-refractivity contribution in [3.05, 3.63) is 12.2 Å². The predicted molar refractivity (Wildman–Crippen MR) is 76.7 cm³/mol. The lowest BCUT2D eigenvalue weighted by atomic mass is 10.0. The molecule has 0 radical (unpaired) electrons. The Bertz CT molecular complexity index is 243. The molecule has 0 saturated carbocycles. The smallest absolute Gasteiger partial charge is 0.123 e. The molecule has 0 unspecified atom stereocenters. The molecule has 0 amide bonds. The number of rotatable bonds is 10. The molecule has 0 bridgehead atoms. The summed E-state index contributed by atoms with van der Waals surface area (Å²) in [7, 11) is 0. The highest BCUT2D eigenvalue weighted by Crippen LogP contribution is 2.13. The summed E-state index contributed by atoms with van der Waals surface area (Å²) in [6, 6.07) is 0. The van der Waals surface area contributed by atoms with E-state index in [2.05, 4.69) is 23.8 Å². The average Bonchev–Trinajstić information content (AvgIpc) is 2.86. The number of nitrogens with one attached hydrogen (secondary N) is 1. The normalized spacial score (nSPS) is 14.5. The average molecular weight is 236 g/mol. The predicted octanol–water partition coefficient (Wildman–Crippen LogP) is 4.08. The Balaban J connectivity index is 1.88. The van der Waals surface area contributed by atoms with E-state index in [1.807, 2.05) is 0 Å². The largest absolute Gasteiger partial charge is 0.368 e. The molecule has 0 spiro atoms. The van der Waals surface area contributed by atoms with Gasteiger partial charge in [-0.2, -0.15) is 0 Å². The number of hydrogen-bond acceptors (Lipinski definition) is 2. The van der Waals surface area contributed by atoms with Crippen LogP contribution in [0, 0.1) is 0 Å². The Morgan fingerprint density at radius 1 is 1.12 bits per heavy atom. The van der Waals surface area contributed by atoms with Gasteiger partial charge in [-0.3, -0.25) is 4.99 Å². The van der Waals surface area contributed by atoms with E-state index in [-0.39, 0.29) is 0 Å². The van der Waals surface area contributed by atoms with Crippen LogP contribution in [-0.2, 0) is 0 Å². The van der Waals surface area contributed by atoms with Crippen LogP contribution in [0.4, 0.5) is 0 Å². The summed E-state index contributed by atoms with van der Waals surface area (Å²) >= 11 is 0. The van der Waals surface area contributed by atoms with Gasteiger partial charge in [0.15, 0.2) is 0 Å². The standard InChI is InChI=1S/C15H28N2/c1-3-4-5-6-7-8-9-10-11-14(2)15-16-12-13-17-15/h2-13H2,1H3,(H,16,17). The summed E-state index contributed by atoms with van der Waals surface area (Å²) in [6.07, 6.45) is 12.1. The summed E-state index contributed by atoms with van der Waals surface area (Å²) < 4.78 is 0.